The zero-order valence-corrected chi connectivity index (χ0v) is 7.72. The molecular formula is C7H8BrN3. The van der Waals surface area contributed by atoms with Crippen molar-refractivity contribution in [1.82, 2.24) is 10.2 Å². The van der Waals surface area contributed by atoms with Crippen LogP contribution in [0.5, 0.6) is 0 Å². The molecule has 0 aliphatic heterocycles. The summed E-state index contributed by atoms with van der Waals surface area (Å²) in [7, 11) is 0. The Hall–Kier alpha value is -0.900. The highest BCUT2D eigenvalue weighted by atomic mass is 79.9. The van der Waals surface area contributed by atoms with E-state index in [-0.39, 0.29) is 0 Å². The van der Waals surface area contributed by atoms with Gasteiger partial charge in [0.1, 0.15) is 0 Å². The molecule has 0 saturated carbocycles. The first-order chi connectivity index (χ1) is 5.29. The van der Waals surface area contributed by atoms with E-state index in [0.717, 1.165) is 10.0 Å². The molecule has 0 bridgehead atoms. The fraction of sp³-hybridized carbons (Fsp3) is 0.143. The van der Waals surface area contributed by atoms with Gasteiger partial charge in [-0.25, -0.2) is 4.99 Å². The molecule has 11 heavy (non-hydrogen) atoms. The molecule has 0 spiro atoms. The van der Waals surface area contributed by atoms with Crippen molar-refractivity contribution in [3.05, 3.63) is 17.8 Å². The number of rotatable bonds is 2. The summed E-state index contributed by atoms with van der Waals surface area (Å²) >= 11 is 3.37. The smallest absolute Gasteiger partial charge is 0.155 e. The lowest BCUT2D eigenvalue weighted by Gasteiger charge is -1.93. The molecule has 0 aliphatic rings. The molecule has 1 rings (SSSR count). The molecule has 0 atom stereocenters. The van der Waals surface area contributed by atoms with E-state index in [2.05, 4.69) is 37.8 Å². The van der Waals surface area contributed by atoms with Crippen molar-refractivity contribution in [2.24, 2.45) is 4.99 Å². The SMILES string of the molecule is C=Nc1[nH]ncc1/C(Br)=C\C. The van der Waals surface area contributed by atoms with Crippen molar-refractivity contribution < 1.29 is 0 Å². The molecule has 1 N–H and O–H groups in total. The molecule has 0 amide bonds. The minimum Gasteiger partial charge on any atom is -0.261 e. The third kappa shape index (κ3) is 1.57. The summed E-state index contributed by atoms with van der Waals surface area (Å²) in [5, 5.41) is 6.55. The highest BCUT2D eigenvalue weighted by molar-refractivity contribution is 9.15. The largest absolute Gasteiger partial charge is 0.261 e. The van der Waals surface area contributed by atoms with Crippen LogP contribution in [0.15, 0.2) is 17.3 Å². The van der Waals surface area contributed by atoms with Crippen LogP contribution in [0.4, 0.5) is 5.82 Å². The molecule has 4 heteroatoms. The average molecular weight is 214 g/mol. The predicted octanol–water partition coefficient (Wildman–Crippen LogP) is 2.50. The van der Waals surface area contributed by atoms with Crippen molar-refractivity contribution in [2.75, 3.05) is 0 Å². The number of allylic oxidation sites excluding steroid dienone is 1. The Labute approximate surface area is 73.4 Å². The summed E-state index contributed by atoms with van der Waals surface area (Å²) in [6, 6.07) is 0. The standard InChI is InChI=1S/C7H8BrN3/c1-3-6(8)5-4-10-11-7(5)9-2/h3-4H,2H2,1H3,(H,10,11)/b6-3+. The number of halogens is 1. The van der Waals surface area contributed by atoms with Crippen molar-refractivity contribution in [1.29, 1.82) is 0 Å². The van der Waals surface area contributed by atoms with Gasteiger partial charge in [-0.2, -0.15) is 5.10 Å². The minimum absolute atomic E-state index is 0.690. The summed E-state index contributed by atoms with van der Waals surface area (Å²) in [6.45, 7) is 5.35. The maximum atomic E-state index is 3.83. The van der Waals surface area contributed by atoms with Gasteiger partial charge < -0.3 is 0 Å². The molecule has 0 radical (unpaired) electrons. The highest BCUT2D eigenvalue weighted by Gasteiger charge is 2.04. The van der Waals surface area contributed by atoms with Crippen LogP contribution >= 0.6 is 15.9 Å². The van der Waals surface area contributed by atoms with Crippen molar-refractivity contribution >= 4 is 32.9 Å². The molecule has 0 saturated heterocycles. The fourth-order valence-electron chi connectivity index (χ4n) is 0.730. The fourth-order valence-corrected chi connectivity index (χ4v) is 1.02. The molecule has 3 nitrogen and oxygen atoms in total. The van der Waals surface area contributed by atoms with Gasteiger partial charge in [-0.05, 0) is 13.6 Å². The van der Waals surface area contributed by atoms with Gasteiger partial charge in [0.15, 0.2) is 5.82 Å². The van der Waals surface area contributed by atoms with Crippen LogP contribution in [0.3, 0.4) is 0 Å². The van der Waals surface area contributed by atoms with E-state index in [4.69, 9.17) is 0 Å². The number of aliphatic imine (C=N–C) groups is 1. The molecule has 58 valence electrons. The Kier molecular flexibility index (Phi) is 2.59. The zero-order valence-electron chi connectivity index (χ0n) is 6.13. The normalized spacial score (nSPS) is 11.6. The van der Waals surface area contributed by atoms with Crippen LogP contribution in [0.2, 0.25) is 0 Å². The van der Waals surface area contributed by atoms with Crippen LogP contribution in [0.1, 0.15) is 12.5 Å². The quantitative estimate of drug-likeness (QED) is 0.755. The first-order valence-electron chi connectivity index (χ1n) is 3.12. The number of nitrogens with one attached hydrogen (secondary N) is 1. The second-order valence-electron chi connectivity index (χ2n) is 1.93. The Morgan fingerprint density at radius 3 is 3.18 bits per heavy atom. The van der Waals surface area contributed by atoms with Gasteiger partial charge in [-0.3, -0.25) is 5.10 Å². The molecule has 0 unspecified atom stereocenters. The maximum Gasteiger partial charge on any atom is 0.155 e. The summed E-state index contributed by atoms with van der Waals surface area (Å²) in [5.41, 5.74) is 0.933. The predicted molar refractivity (Wildman–Crippen MR) is 50.4 cm³/mol. The first-order valence-corrected chi connectivity index (χ1v) is 3.91. The molecule has 0 fully saturated rings. The molecule has 1 aromatic rings. The van der Waals surface area contributed by atoms with Crippen LogP contribution < -0.4 is 0 Å². The number of nitrogens with zero attached hydrogens (tertiary/aromatic N) is 2. The van der Waals surface area contributed by atoms with E-state index in [0.29, 0.717) is 5.82 Å². The van der Waals surface area contributed by atoms with Gasteiger partial charge in [0, 0.05) is 4.48 Å². The Balaban J connectivity index is 3.12. The van der Waals surface area contributed by atoms with Crippen LogP contribution in [0, 0.1) is 0 Å². The van der Waals surface area contributed by atoms with Crippen molar-refractivity contribution in [2.45, 2.75) is 6.92 Å². The molecule has 1 heterocycles. The van der Waals surface area contributed by atoms with E-state index in [1.165, 1.54) is 0 Å². The topological polar surface area (TPSA) is 41.0 Å². The molecule has 0 aliphatic carbocycles. The lowest BCUT2D eigenvalue weighted by atomic mass is 10.3. The number of hydrogen-bond donors (Lipinski definition) is 1. The summed E-state index contributed by atoms with van der Waals surface area (Å²) < 4.78 is 0.966. The van der Waals surface area contributed by atoms with Crippen LogP contribution in [-0.4, -0.2) is 16.9 Å². The van der Waals surface area contributed by atoms with Gasteiger partial charge in [0.2, 0.25) is 0 Å². The number of aromatic amines is 1. The molecule has 0 aromatic carbocycles. The zero-order chi connectivity index (χ0) is 8.27. The Morgan fingerprint density at radius 2 is 2.64 bits per heavy atom. The second-order valence-corrected chi connectivity index (χ2v) is 2.78. The summed E-state index contributed by atoms with van der Waals surface area (Å²) in [4.78, 5) is 3.76. The highest BCUT2D eigenvalue weighted by Crippen LogP contribution is 2.27. The monoisotopic (exact) mass is 213 g/mol. The van der Waals surface area contributed by atoms with E-state index in [1.807, 2.05) is 13.0 Å². The molecular weight excluding hydrogens is 206 g/mol. The number of hydrogen-bond acceptors (Lipinski definition) is 2. The number of H-pyrrole nitrogens is 1. The Bertz CT molecular complexity index is 288. The van der Waals surface area contributed by atoms with Gasteiger partial charge >= 0.3 is 0 Å². The second kappa shape index (κ2) is 3.48. The third-order valence-electron chi connectivity index (χ3n) is 1.29. The minimum atomic E-state index is 0.690. The van der Waals surface area contributed by atoms with Crippen molar-refractivity contribution in [3.8, 4) is 0 Å². The lowest BCUT2D eigenvalue weighted by Crippen LogP contribution is -1.70. The van der Waals surface area contributed by atoms with Crippen LogP contribution in [-0.2, 0) is 0 Å². The molecule has 1 aromatic heterocycles. The van der Waals surface area contributed by atoms with Gasteiger partial charge in [-0.15, -0.1) is 0 Å². The van der Waals surface area contributed by atoms with E-state index in [9.17, 15) is 0 Å². The maximum absolute atomic E-state index is 3.83. The number of aromatic nitrogens is 2. The van der Waals surface area contributed by atoms with E-state index in [1.54, 1.807) is 6.20 Å². The van der Waals surface area contributed by atoms with E-state index >= 15 is 0 Å². The average Bonchev–Trinajstić information content (AvgIpc) is 2.50. The van der Waals surface area contributed by atoms with Gasteiger partial charge in [0.05, 0.1) is 11.8 Å². The first kappa shape index (κ1) is 8.20. The van der Waals surface area contributed by atoms with Gasteiger partial charge in [-0.1, -0.05) is 22.0 Å². The van der Waals surface area contributed by atoms with Gasteiger partial charge in [0.25, 0.3) is 0 Å². The summed E-state index contributed by atoms with van der Waals surface area (Å²) in [6.07, 6.45) is 3.63. The van der Waals surface area contributed by atoms with Crippen molar-refractivity contribution in [3.63, 3.8) is 0 Å². The van der Waals surface area contributed by atoms with Crippen LogP contribution in [0.25, 0.3) is 4.48 Å². The third-order valence-corrected chi connectivity index (χ3v) is 2.17. The Morgan fingerprint density at radius 1 is 1.91 bits per heavy atom. The lowest BCUT2D eigenvalue weighted by molar-refractivity contribution is 1.08. The summed E-state index contributed by atoms with van der Waals surface area (Å²) in [5.74, 6) is 0.690. The van der Waals surface area contributed by atoms with E-state index < -0.39 is 0 Å².